The van der Waals surface area contributed by atoms with Crippen LogP contribution in [-0.4, -0.2) is 44.7 Å². The summed E-state index contributed by atoms with van der Waals surface area (Å²) in [7, 11) is 0. The number of aliphatic hydroxyl groups is 1. The van der Waals surface area contributed by atoms with Gasteiger partial charge in [0.25, 0.3) is 0 Å². The molecule has 0 atom stereocenters. The van der Waals surface area contributed by atoms with E-state index in [0.29, 0.717) is 33.0 Å². The van der Waals surface area contributed by atoms with Crippen LogP contribution in [0, 0.1) is 12.3 Å². The molecule has 1 aromatic carbocycles. The van der Waals surface area contributed by atoms with Crippen molar-refractivity contribution in [1.82, 2.24) is 0 Å². The Bertz CT molecular complexity index is 353. The molecular weight excluding hydrogens is 232 g/mol. The molecule has 0 radical (unpaired) electrons. The summed E-state index contributed by atoms with van der Waals surface area (Å²) >= 11 is 0. The third-order valence-electron chi connectivity index (χ3n) is 2.13. The predicted molar refractivity (Wildman–Crippen MR) is 68.6 cm³/mol. The van der Waals surface area contributed by atoms with Gasteiger partial charge in [-0.15, -0.1) is 6.42 Å². The van der Waals surface area contributed by atoms with Crippen molar-refractivity contribution in [3.05, 3.63) is 29.8 Å². The summed E-state index contributed by atoms with van der Waals surface area (Å²) in [6.07, 6.45) is 5.25. The zero-order valence-corrected chi connectivity index (χ0v) is 10.3. The average molecular weight is 250 g/mol. The monoisotopic (exact) mass is 250 g/mol. The van der Waals surface area contributed by atoms with Gasteiger partial charge < -0.3 is 19.3 Å². The maximum absolute atomic E-state index is 8.47. The fraction of sp³-hybridized carbons (Fsp3) is 0.429. The molecule has 0 heterocycles. The minimum atomic E-state index is 0.0385. The van der Waals surface area contributed by atoms with E-state index in [4.69, 9.17) is 25.7 Å². The second-order valence-corrected chi connectivity index (χ2v) is 3.47. The third kappa shape index (κ3) is 6.26. The van der Waals surface area contributed by atoms with Gasteiger partial charge in [-0.2, -0.15) is 0 Å². The number of rotatable bonds is 9. The molecule has 0 aliphatic carbocycles. The molecule has 4 nitrogen and oxygen atoms in total. The second-order valence-electron chi connectivity index (χ2n) is 3.47. The summed E-state index contributed by atoms with van der Waals surface area (Å²) in [5.41, 5.74) is 0.833. The van der Waals surface area contributed by atoms with Gasteiger partial charge in [0, 0.05) is 5.56 Å². The lowest BCUT2D eigenvalue weighted by Crippen LogP contribution is -2.11. The topological polar surface area (TPSA) is 47.9 Å². The van der Waals surface area contributed by atoms with E-state index in [9.17, 15) is 0 Å². The lowest BCUT2D eigenvalue weighted by Gasteiger charge is -2.07. The molecule has 0 fully saturated rings. The second kappa shape index (κ2) is 9.49. The molecule has 0 aromatic heterocycles. The number of hydrogen-bond acceptors (Lipinski definition) is 4. The quantitative estimate of drug-likeness (QED) is 0.526. The molecule has 0 aliphatic heterocycles. The van der Waals surface area contributed by atoms with Crippen LogP contribution in [0.15, 0.2) is 24.3 Å². The van der Waals surface area contributed by atoms with Crippen LogP contribution in [0.3, 0.4) is 0 Å². The van der Waals surface area contributed by atoms with Crippen molar-refractivity contribution < 1.29 is 19.3 Å². The maximum atomic E-state index is 8.47. The molecule has 0 amide bonds. The van der Waals surface area contributed by atoms with Crippen molar-refractivity contribution in [3.8, 4) is 18.1 Å². The Hall–Kier alpha value is -1.54. The summed E-state index contributed by atoms with van der Waals surface area (Å²) < 4.78 is 15.8. The highest BCUT2D eigenvalue weighted by Gasteiger charge is 1.94. The molecule has 1 N–H and O–H groups in total. The molecule has 0 saturated heterocycles. The SMILES string of the molecule is C#Cc1ccc(OCCOCCOCCO)cc1. The molecule has 18 heavy (non-hydrogen) atoms. The van der Waals surface area contributed by atoms with Crippen molar-refractivity contribution in [3.63, 3.8) is 0 Å². The van der Waals surface area contributed by atoms with Crippen LogP contribution in [0.1, 0.15) is 5.56 Å². The number of hydrogen-bond donors (Lipinski definition) is 1. The normalized spacial score (nSPS) is 10.0. The first kappa shape index (κ1) is 14.5. The minimum Gasteiger partial charge on any atom is -0.491 e. The van der Waals surface area contributed by atoms with Gasteiger partial charge in [0.2, 0.25) is 0 Å². The number of aliphatic hydroxyl groups excluding tert-OH is 1. The van der Waals surface area contributed by atoms with Crippen molar-refractivity contribution in [2.45, 2.75) is 0 Å². The predicted octanol–water partition coefficient (Wildman–Crippen LogP) is 1.07. The van der Waals surface area contributed by atoms with E-state index < -0.39 is 0 Å². The Morgan fingerprint density at radius 1 is 0.944 bits per heavy atom. The van der Waals surface area contributed by atoms with E-state index >= 15 is 0 Å². The van der Waals surface area contributed by atoms with E-state index in [2.05, 4.69) is 5.92 Å². The first-order chi connectivity index (χ1) is 8.86. The minimum absolute atomic E-state index is 0.0385. The Balaban J connectivity index is 2.02. The zero-order valence-electron chi connectivity index (χ0n) is 10.3. The molecule has 4 heteroatoms. The molecule has 1 aromatic rings. The molecule has 0 bridgehead atoms. The maximum Gasteiger partial charge on any atom is 0.119 e. The van der Waals surface area contributed by atoms with Crippen molar-refractivity contribution >= 4 is 0 Å². The number of terminal acetylenes is 1. The van der Waals surface area contributed by atoms with E-state index in [-0.39, 0.29) is 6.61 Å². The van der Waals surface area contributed by atoms with Crippen LogP contribution >= 0.6 is 0 Å². The van der Waals surface area contributed by atoms with Crippen molar-refractivity contribution in [2.24, 2.45) is 0 Å². The highest BCUT2D eigenvalue weighted by atomic mass is 16.5. The summed E-state index contributed by atoms with van der Waals surface area (Å²) in [5.74, 6) is 3.32. The zero-order chi connectivity index (χ0) is 13.1. The van der Waals surface area contributed by atoms with E-state index in [1.54, 1.807) is 0 Å². The first-order valence-electron chi connectivity index (χ1n) is 5.82. The van der Waals surface area contributed by atoms with Gasteiger partial charge in [-0.3, -0.25) is 0 Å². The molecule has 0 unspecified atom stereocenters. The fourth-order valence-electron chi connectivity index (χ4n) is 1.25. The Labute approximate surface area is 107 Å². The standard InChI is InChI=1S/C14H18O4/c1-2-13-3-5-14(6-4-13)18-12-11-17-10-9-16-8-7-15/h1,3-6,15H,7-12H2. The van der Waals surface area contributed by atoms with E-state index in [0.717, 1.165) is 11.3 Å². The highest BCUT2D eigenvalue weighted by Crippen LogP contribution is 2.11. The van der Waals surface area contributed by atoms with Crippen LogP contribution < -0.4 is 4.74 Å². The summed E-state index contributed by atoms with van der Waals surface area (Å²) in [6, 6.07) is 7.33. The van der Waals surface area contributed by atoms with Gasteiger partial charge in [0.1, 0.15) is 12.4 Å². The van der Waals surface area contributed by atoms with Gasteiger partial charge in [-0.1, -0.05) is 5.92 Å². The van der Waals surface area contributed by atoms with Crippen LogP contribution in [0.4, 0.5) is 0 Å². The van der Waals surface area contributed by atoms with E-state index in [1.165, 1.54) is 0 Å². The number of ether oxygens (including phenoxy) is 3. The first-order valence-corrected chi connectivity index (χ1v) is 5.82. The number of benzene rings is 1. The molecule has 98 valence electrons. The highest BCUT2D eigenvalue weighted by molar-refractivity contribution is 5.36. The lowest BCUT2D eigenvalue weighted by atomic mass is 10.2. The largest absolute Gasteiger partial charge is 0.491 e. The third-order valence-corrected chi connectivity index (χ3v) is 2.13. The van der Waals surface area contributed by atoms with Gasteiger partial charge in [0.05, 0.1) is 33.0 Å². The lowest BCUT2D eigenvalue weighted by molar-refractivity contribution is 0.0247. The van der Waals surface area contributed by atoms with Crippen molar-refractivity contribution in [2.75, 3.05) is 39.6 Å². The molecular formula is C14H18O4. The fourth-order valence-corrected chi connectivity index (χ4v) is 1.25. The molecule has 0 spiro atoms. The van der Waals surface area contributed by atoms with Gasteiger partial charge in [-0.05, 0) is 24.3 Å². The molecule has 0 aliphatic rings. The average Bonchev–Trinajstić information content (AvgIpc) is 2.42. The van der Waals surface area contributed by atoms with Gasteiger partial charge >= 0.3 is 0 Å². The Morgan fingerprint density at radius 2 is 1.56 bits per heavy atom. The Kier molecular flexibility index (Phi) is 7.65. The van der Waals surface area contributed by atoms with E-state index in [1.807, 2.05) is 24.3 Å². The van der Waals surface area contributed by atoms with Crippen LogP contribution in [0.5, 0.6) is 5.75 Å². The Morgan fingerprint density at radius 3 is 2.17 bits per heavy atom. The summed E-state index contributed by atoms with van der Waals surface area (Å²) in [6.45, 7) is 2.35. The molecule has 1 rings (SSSR count). The van der Waals surface area contributed by atoms with Gasteiger partial charge in [-0.25, -0.2) is 0 Å². The van der Waals surface area contributed by atoms with Gasteiger partial charge in [0.15, 0.2) is 0 Å². The van der Waals surface area contributed by atoms with Crippen molar-refractivity contribution in [1.29, 1.82) is 0 Å². The van der Waals surface area contributed by atoms with Crippen LogP contribution in [0.2, 0.25) is 0 Å². The summed E-state index contributed by atoms with van der Waals surface area (Å²) in [4.78, 5) is 0. The van der Waals surface area contributed by atoms with Crippen LogP contribution in [0.25, 0.3) is 0 Å². The molecule has 0 saturated carbocycles. The summed E-state index contributed by atoms with van der Waals surface area (Å²) in [5, 5.41) is 8.47. The van der Waals surface area contributed by atoms with Crippen LogP contribution in [-0.2, 0) is 9.47 Å². The smallest absolute Gasteiger partial charge is 0.119 e.